The molecule has 1 heterocycles. The molecular weight excluding hydrogens is 328 g/mol. The molecule has 1 amide bonds. The van der Waals surface area contributed by atoms with Crippen molar-refractivity contribution in [1.29, 1.82) is 0 Å². The van der Waals surface area contributed by atoms with Crippen LogP contribution in [-0.4, -0.2) is 22.8 Å². The monoisotopic (exact) mass is 352 g/mol. The number of carbonyl (C=O) groups is 1. The molecule has 5 heteroatoms. The van der Waals surface area contributed by atoms with Crippen molar-refractivity contribution in [2.45, 2.75) is 39.2 Å². The molecule has 1 unspecified atom stereocenters. The molecule has 1 atom stereocenters. The summed E-state index contributed by atoms with van der Waals surface area (Å²) in [5.41, 5.74) is 4.26. The van der Waals surface area contributed by atoms with Crippen molar-refractivity contribution < 1.29 is 14.6 Å². The number of carboxylic acid groups (broad SMARTS) is 1. The highest BCUT2D eigenvalue weighted by molar-refractivity contribution is 5.68. The van der Waals surface area contributed by atoms with Crippen LogP contribution in [0.3, 0.4) is 0 Å². The normalized spacial score (nSPS) is 20.5. The van der Waals surface area contributed by atoms with Gasteiger partial charge in [0.2, 0.25) is 5.88 Å². The molecule has 5 nitrogen and oxygen atoms in total. The average Bonchev–Trinajstić information content (AvgIpc) is 3.39. The highest BCUT2D eigenvalue weighted by atomic mass is 16.5. The number of nitrogens with one attached hydrogen (secondary N) is 1. The van der Waals surface area contributed by atoms with Crippen LogP contribution < -0.4 is 10.1 Å². The van der Waals surface area contributed by atoms with Crippen molar-refractivity contribution >= 4 is 6.09 Å². The molecule has 1 aromatic carbocycles. The van der Waals surface area contributed by atoms with Crippen molar-refractivity contribution in [2.24, 2.45) is 11.3 Å². The van der Waals surface area contributed by atoms with Gasteiger partial charge in [-0.15, -0.1) is 0 Å². The van der Waals surface area contributed by atoms with E-state index in [1.54, 1.807) is 0 Å². The number of rotatable bonds is 5. The summed E-state index contributed by atoms with van der Waals surface area (Å²) in [4.78, 5) is 15.6. The highest BCUT2D eigenvalue weighted by Gasteiger charge is 2.40. The molecule has 0 bridgehead atoms. The van der Waals surface area contributed by atoms with Gasteiger partial charge in [0.1, 0.15) is 0 Å². The van der Waals surface area contributed by atoms with Gasteiger partial charge < -0.3 is 15.2 Å². The molecule has 4 rings (SSSR count). The minimum atomic E-state index is -0.981. The largest absolute Gasteiger partial charge is 0.477 e. The predicted octanol–water partition coefficient (Wildman–Crippen LogP) is 4.43. The van der Waals surface area contributed by atoms with Crippen LogP contribution in [0.5, 0.6) is 5.88 Å². The Morgan fingerprint density at radius 3 is 2.69 bits per heavy atom. The molecule has 2 N–H and O–H groups in total. The molecule has 136 valence electrons. The van der Waals surface area contributed by atoms with Crippen molar-refractivity contribution in [1.82, 2.24) is 10.3 Å². The molecule has 0 spiro atoms. The van der Waals surface area contributed by atoms with Crippen molar-refractivity contribution in [2.75, 3.05) is 6.61 Å². The molecule has 2 aromatic rings. The van der Waals surface area contributed by atoms with Crippen LogP contribution in [0.2, 0.25) is 0 Å². The van der Waals surface area contributed by atoms with E-state index in [-0.39, 0.29) is 11.5 Å². The van der Waals surface area contributed by atoms with Gasteiger partial charge in [0.25, 0.3) is 0 Å². The van der Waals surface area contributed by atoms with E-state index in [4.69, 9.17) is 9.84 Å². The number of ether oxygens (including phenoxy) is 1. The number of pyridine rings is 1. The fourth-order valence-electron chi connectivity index (χ4n) is 3.75. The maximum absolute atomic E-state index is 11.1. The van der Waals surface area contributed by atoms with Crippen LogP contribution in [0.25, 0.3) is 11.1 Å². The standard InChI is InChI=1S/C21H24N2O3/c1-21(2)10-16-9-14(5-7-17(16)19(21)23-20(24)25)15-6-8-18(22-11-15)26-12-13-3-4-13/h5-9,11,13,19,23H,3-4,10,12H2,1-2H3,(H,24,25). The Morgan fingerprint density at radius 2 is 2.04 bits per heavy atom. The molecule has 1 fully saturated rings. The highest BCUT2D eigenvalue weighted by Crippen LogP contribution is 2.46. The van der Waals surface area contributed by atoms with Gasteiger partial charge >= 0.3 is 6.09 Å². The SMILES string of the molecule is CC1(C)Cc2cc(-c3ccc(OCC4CC4)nc3)ccc2C1NC(=O)O. The third-order valence-corrected chi connectivity index (χ3v) is 5.38. The second-order valence-corrected chi connectivity index (χ2v) is 8.10. The maximum Gasteiger partial charge on any atom is 0.405 e. The van der Waals surface area contributed by atoms with Crippen LogP contribution in [-0.2, 0) is 6.42 Å². The minimum Gasteiger partial charge on any atom is -0.477 e. The first-order chi connectivity index (χ1) is 12.4. The van der Waals surface area contributed by atoms with Crippen LogP contribution in [0.15, 0.2) is 36.5 Å². The van der Waals surface area contributed by atoms with Gasteiger partial charge in [0, 0.05) is 17.8 Å². The van der Waals surface area contributed by atoms with Gasteiger partial charge in [-0.25, -0.2) is 9.78 Å². The van der Waals surface area contributed by atoms with E-state index in [1.165, 1.54) is 18.4 Å². The van der Waals surface area contributed by atoms with Crippen LogP contribution in [0, 0.1) is 11.3 Å². The molecule has 0 aliphatic heterocycles. The summed E-state index contributed by atoms with van der Waals surface area (Å²) in [5.74, 6) is 1.39. The molecular formula is C21H24N2O3. The summed E-state index contributed by atoms with van der Waals surface area (Å²) in [6, 6.07) is 10.0. The zero-order chi connectivity index (χ0) is 18.3. The zero-order valence-electron chi connectivity index (χ0n) is 15.2. The Bertz CT molecular complexity index is 826. The quantitative estimate of drug-likeness (QED) is 0.835. The number of nitrogens with zero attached hydrogens (tertiary/aromatic N) is 1. The van der Waals surface area contributed by atoms with E-state index in [0.717, 1.165) is 29.7 Å². The number of amides is 1. The molecule has 2 aliphatic rings. The Hall–Kier alpha value is -2.56. The molecule has 0 saturated heterocycles. The fraction of sp³-hybridized carbons (Fsp3) is 0.429. The molecule has 1 saturated carbocycles. The lowest BCUT2D eigenvalue weighted by Crippen LogP contribution is -2.34. The van der Waals surface area contributed by atoms with Gasteiger partial charge in [-0.3, -0.25) is 0 Å². The topological polar surface area (TPSA) is 71.5 Å². The van der Waals surface area contributed by atoms with E-state index >= 15 is 0 Å². The van der Waals surface area contributed by atoms with Gasteiger partial charge in [-0.2, -0.15) is 0 Å². The Kier molecular flexibility index (Phi) is 4.10. The molecule has 1 aromatic heterocycles. The summed E-state index contributed by atoms with van der Waals surface area (Å²) in [6.07, 6.45) is 4.24. The summed E-state index contributed by atoms with van der Waals surface area (Å²) in [6.45, 7) is 4.96. The van der Waals surface area contributed by atoms with Gasteiger partial charge in [-0.1, -0.05) is 32.0 Å². The summed E-state index contributed by atoms with van der Waals surface area (Å²) in [5, 5.41) is 11.8. The summed E-state index contributed by atoms with van der Waals surface area (Å²) >= 11 is 0. The first-order valence-corrected chi connectivity index (χ1v) is 9.14. The number of hydrogen-bond acceptors (Lipinski definition) is 3. The second-order valence-electron chi connectivity index (χ2n) is 8.10. The van der Waals surface area contributed by atoms with E-state index < -0.39 is 6.09 Å². The van der Waals surface area contributed by atoms with Gasteiger partial charge in [0.15, 0.2) is 0 Å². The third-order valence-electron chi connectivity index (χ3n) is 5.38. The lowest BCUT2D eigenvalue weighted by Gasteiger charge is -2.27. The smallest absolute Gasteiger partial charge is 0.405 e. The maximum atomic E-state index is 11.1. The van der Waals surface area contributed by atoms with Gasteiger partial charge in [-0.05, 0) is 53.4 Å². The van der Waals surface area contributed by atoms with Crippen LogP contribution >= 0.6 is 0 Å². The van der Waals surface area contributed by atoms with E-state index in [9.17, 15) is 4.79 Å². The first-order valence-electron chi connectivity index (χ1n) is 9.14. The Morgan fingerprint density at radius 1 is 1.27 bits per heavy atom. The predicted molar refractivity (Wildman–Crippen MR) is 99.3 cm³/mol. The number of benzene rings is 1. The second kappa shape index (κ2) is 6.31. The minimum absolute atomic E-state index is 0.141. The molecule has 0 radical (unpaired) electrons. The lowest BCUT2D eigenvalue weighted by atomic mass is 9.85. The van der Waals surface area contributed by atoms with Crippen molar-refractivity contribution in [3.63, 3.8) is 0 Å². The third kappa shape index (κ3) is 3.39. The van der Waals surface area contributed by atoms with Crippen molar-refractivity contribution in [3.8, 4) is 17.0 Å². The zero-order valence-corrected chi connectivity index (χ0v) is 15.2. The average molecular weight is 352 g/mol. The Labute approximate surface area is 153 Å². The van der Waals surface area contributed by atoms with E-state index in [0.29, 0.717) is 11.8 Å². The summed E-state index contributed by atoms with van der Waals surface area (Å²) < 4.78 is 5.70. The molecule has 26 heavy (non-hydrogen) atoms. The van der Waals surface area contributed by atoms with Crippen LogP contribution in [0.1, 0.15) is 43.9 Å². The van der Waals surface area contributed by atoms with Crippen LogP contribution in [0.4, 0.5) is 4.79 Å². The van der Waals surface area contributed by atoms with E-state index in [2.05, 4.69) is 30.2 Å². The molecule has 2 aliphatic carbocycles. The Balaban J connectivity index is 1.54. The van der Waals surface area contributed by atoms with Crippen molar-refractivity contribution in [3.05, 3.63) is 47.7 Å². The first kappa shape index (κ1) is 16.9. The fourth-order valence-corrected chi connectivity index (χ4v) is 3.75. The lowest BCUT2D eigenvalue weighted by molar-refractivity contribution is 0.175. The summed E-state index contributed by atoms with van der Waals surface area (Å²) in [7, 11) is 0. The number of hydrogen-bond donors (Lipinski definition) is 2. The van der Waals surface area contributed by atoms with Gasteiger partial charge in [0.05, 0.1) is 12.6 Å². The van der Waals surface area contributed by atoms with E-state index in [1.807, 2.05) is 30.5 Å². The number of aromatic nitrogens is 1. The number of fused-ring (bicyclic) bond motifs is 1.